The number of nitrogens with zero attached hydrogens (tertiary/aromatic N) is 3. The Balaban J connectivity index is 1.47. The molecule has 1 amide bonds. The van der Waals surface area contributed by atoms with Gasteiger partial charge in [0.25, 0.3) is 0 Å². The number of anilines is 1. The molecule has 6 nitrogen and oxygen atoms in total. The van der Waals surface area contributed by atoms with Crippen molar-refractivity contribution in [3.8, 4) is 5.69 Å². The van der Waals surface area contributed by atoms with E-state index >= 15 is 0 Å². The molecular weight excluding hydrogens is 340 g/mol. The van der Waals surface area contributed by atoms with E-state index in [2.05, 4.69) is 20.6 Å². The third-order valence-electron chi connectivity index (χ3n) is 4.42. The maximum Gasteiger partial charge on any atom is 0.234 e. The van der Waals surface area contributed by atoms with Crippen LogP contribution in [-0.2, 0) is 4.79 Å². The first-order valence-electron chi connectivity index (χ1n) is 8.38. The summed E-state index contributed by atoms with van der Waals surface area (Å²) in [7, 11) is 0. The van der Waals surface area contributed by atoms with Crippen LogP contribution in [0, 0.1) is 11.6 Å². The van der Waals surface area contributed by atoms with Gasteiger partial charge in [-0.3, -0.25) is 9.89 Å². The van der Waals surface area contributed by atoms with Gasteiger partial charge < -0.3 is 5.32 Å². The molecule has 1 saturated carbocycles. The molecule has 0 spiro atoms. The molecule has 3 aromatic rings. The molecule has 8 heteroatoms. The molecule has 0 unspecified atom stereocenters. The van der Waals surface area contributed by atoms with Crippen molar-refractivity contribution in [3.63, 3.8) is 0 Å². The number of benzene rings is 1. The number of nitrogens with one attached hydrogen (secondary N) is 2. The molecule has 1 aromatic carbocycles. The number of hydrogen-bond acceptors (Lipinski definition) is 3. The van der Waals surface area contributed by atoms with Gasteiger partial charge in [0, 0.05) is 29.9 Å². The second kappa shape index (κ2) is 6.36. The Labute approximate surface area is 148 Å². The van der Waals surface area contributed by atoms with E-state index in [9.17, 15) is 13.6 Å². The van der Waals surface area contributed by atoms with Gasteiger partial charge in [-0.2, -0.15) is 10.2 Å². The van der Waals surface area contributed by atoms with Crippen molar-refractivity contribution in [2.45, 2.75) is 31.6 Å². The van der Waals surface area contributed by atoms with Gasteiger partial charge >= 0.3 is 0 Å². The SMILES string of the molecule is C[C@@H](C(=O)Nc1cc(C2CC2)[nH]n1)c1ccn(-c2cc(F)cc(F)c2)n1. The predicted molar refractivity (Wildman–Crippen MR) is 91.1 cm³/mol. The topological polar surface area (TPSA) is 75.6 Å². The summed E-state index contributed by atoms with van der Waals surface area (Å²) in [6.07, 6.45) is 3.85. The number of halogens is 2. The molecule has 1 aliphatic rings. The Kier molecular flexibility index (Phi) is 4.02. The first-order valence-corrected chi connectivity index (χ1v) is 8.38. The number of rotatable bonds is 5. The molecule has 1 atom stereocenters. The number of amides is 1. The van der Waals surface area contributed by atoms with Crippen LogP contribution in [0.25, 0.3) is 5.69 Å². The van der Waals surface area contributed by atoms with Crippen LogP contribution in [0.1, 0.15) is 43.0 Å². The minimum Gasteiger partial charge on any atom is -0.309 e. The lowest BCUT2D eigenvalue weighted by atomic mass is 10.1. The highest BCUT2D eigenvalue weighted by atomic mass is 19.1. The molecule has 0 saturated heterocycles. The number of carbonyl (C=O) groups is 1. The lowest BCUT2D eigenvalue weighted by Crippen LogP contribution is -2.19. The van der Waals surface area contributed by atoms with Crippen LogP contribution in [0.2, 0.25) is 0 Å². The standard InChI is InChI=1S/C18H17F2N5O/c1-10(18(26)21-17-9-16(22-23-17)11-2-3-11)15-4-5-25(24-15)14-7-12(19)6-13(20)8-14/h4-11H,2-3H2,1H3,(H2,21,22,23,26)/t10-/m1/s1. The van der Waals surface area contributed by atoms with E-state index in [1.54, 1.807) is 19.2 Å². The Morgan fingerprint density at radius 2 is 2.00 bits per heavy atom. The monoisotopic (exact) mass is 357 g/mol. The van der Waals surface area contributed by atoms with Crippen LogP contribution < -0.4 is 5.32 Å². The number of aromatic amines is 1. The molecule has 134 valence electrons. The molecule has 2 N–H and O–H groups in total. The summed E-state index contributed by atoms with van der Waals surface area (Å²) in [5.74, 6) is -1.17. The van der Waals surface area contributed by atoms with Crippen molar-refractivity contribution < 1.29 is 13.6 Å². The van der Waals surface area contributed by atoms with Crippen molar-refractivity contribution in [1.29, 1.82) is 0 Å². The average molecular weight is 357 g/mol. The minimum atomic E-state index is -0.687. The normalized spacial score (nSPS) is 15.0. The van der Waals surface area contributed by atoms with Crippen LogP contribution >= 0.6 is 0 Å². The van der Waals surface area contributed by atoms with Crippen LogP contribution in [-0.4, -0.2) is 25.9 Å². The van der Waals surface area contributed by atoms with E-state index in [1.165, 1.54) is 16.8 Å². The molecular formula is C18H17F2N5O. The summed E-state index contributed by atoms with van der Waals surface area (Å²) in [6, 6.07) is 6.63. The number of hydrogen-bond donors (Lipinski definition) is 2. The molecule has 26 heavy (non-hydrogen) atoms. The Hall–Kier alpha value is -3.03. The fourth-order valence-corrected chi connectivity index (χ4v) is 2.76. The highest BCUT2D eigenvalue weighted by Crippen LogP contribution is 2.39. The minimum absolute atomic E-state index is 0.253. The summed E-state index contributed by atoms with van der Waals surface area (Å²) in [5.41, 5.74) is 1.78. The van der Waals surface area contributed by atoms with Gasteiger partial charge in [-0.25, -0.2) is 13.5 Å². The molecule has 0 bridgehead atoms. The maximum atomic E-state index is 13.4. The van der Waals surface area contributed by atoms with Crippen LogP contribution in [0.3, 0.4) is 0 Å². The van der Waals surface area contributed by atoms with E-state index in [0.29, 0.717) is 17.4 Å². The largest absolute Gasteiger partial charge is 0.309 e. The van der Waals surface area contributed by atoms with Crippen LogP contribution in [0.5, 0.6) is 0 Å². The Bertz CT molecular complexity index is 940. The molecule has 2 aromatic heterocycles. The lowest BCUT2D eigenvalue weighted by molar-refractivity contribution is -0.117. The summed E-state index contributed by atoms with van der Waals surface area (Å²) in [4.78, 5) is 12.4. The maximum absolute atomic E-state index is 13.4. The Morgan fingerprint density at radius 1 is 1.27 bits per heavy atom. The molecule has 0 aliphatic heterocycles. The third kappa shape index (κ3) is 3.35. The van der Waals surface area contributed by atoms with E-state index in [0.717, 1.165) is 24.6 Å². The lowest BCUT2D eigenvalue weighted by Gasteiger charge is -2.08. The van der Waals surface area contributed by atoms with E-state index in [-0.39, 0.29) is 11.6 Å². The highest BCUT2D eigenvalue weighted by Gasteiger charge is 2.26. The van der Waals surface area contributed by atoms with Crippen molar-refractivity contribution in [3.05, 3.63) is 59.6 Å². The second-order valence-corrected chi connectivity index (χ2v) is 6.51. The first-order chi connectivity index (χ1) is 12.5. The van der Waals surface area contributed by atoms with Gasteiger partial charge in [0.05, 0.1) is 17.3 Å². The van der Waals surface area contributed by atoms with Crippen LogP contribution in [0.4, 0.5) is 14.6 Å². The van der Waals surface area contributed by atoms with Crippen molar-refractivity contribution >= 4 is 11.7 Å². The number of carbonyl (C=O) groups excluding carboxylic acids is 1. The number of H-pyrrole nitrogens is 1. The summed E-state index contributed by atoms with van der Waals surface area (Å²) < 4.78 is 28.1. The Morgan fingerprint density at radius 3 is 2.69 bits per heavy atom. The van der Waals surface area contributed by atoms with E-state index in [1.807, 2.05) is 6.07 Å². The summed E-state index contributed by atoms with van der Waals surface area (Å²) in [6.45, 7) is 1.71. The quantitative estimate of drug-likeness (QED) is 0.734. The van der Waals surface area contributed by atoms with Gasteiger partial charge in [-0.1, -0.05) is 0 Å². The smallest absolute Gasteiger partial charge is 0.234 e. The molecule has 4 rings (SSSR count). The van der Waals surface area contributed by atoms with Gasteiger partial charge in [0.15, 0.2) is 5.82 Å². The van der Waals surface area contributed by atoms with E-state index in [4.69, 9.17) is 0 Å². The zero-order valence-corrected chi connectivity index (χ0v) is 14.0. The zero-order chi connectivity index (χ0) is 18.3. The summed E-state index contributed by atoms with van der Waals surface area (Å²) in [5, 5.41) is 14.1. The van der Waals surface area contributed by atoms with Gasteiger partial charge in [0.1, 0.15) is 11.6 Å². The van der Waals surface area contributed by atoms with Gasteiger partial charge in [-0.05, 0) is 38.0 Å². The third-order valence-corrected chi connectivity index (χ3v) is 4.42. The predicted octanol–water partition coefficient (Wildman–Crippen LogP) is 3.49. The molecule has 2 heterocycles. The second-order valence-electron chi connectivity index (χ2n) is 6.51. The molecule has 0 radical (unpaired) electrons. The zero-order valence-electron chi connectivity index (χ0n) is 14.0. The number of aromatic nitrogens is 4. The van der Waals surface area contributed by atoms with Crippen molar-refractivity contribution in [2.75, 3.05) is 5.32 Å². The molecule has 1 fully saturated rings. The first kappa shape index (κ1) is 16.4. The van der Waals surface area contributed by atoms with Crippen LogP contribution in [0.15, 0.2) is 36.5 Å². The average Bonchev–Trinajstić information content (AvgIpc) is 3.15. The van der Waals surface area contributed by atoms with Crippen molar-refractivity contribution in [1.82, 2.24) is 20.0 Å². The van der Waals surface area contributed by atoms with Crippen molar-refractivity contribution in [2.24, 2.45) is 0 Å². The summed E-state index contributed by atoms with van der Waals surface area (Å²) >= 11 is 0. The highest BCUT2D eigenvalue weighted by molar-refractivity contribution is 5.94. The fraction of sp³-hybridized carbons (Fsp3) is 0.278. The van der Waals surface area contributed by atoms with E-state index < -0.39 is 17.6 Å². The molecule has 1 aliphatic carbocycles. The van der Waals surface area contributed by atoms with Gasteiger partial charge in [-0.15, -0.1) is 0 Å². The van der Waals surface area contributed by atoms with Gasteiger partial charge in [0.2, 0.25) is 5.91 Å². The fourth-order valence-electron chi connectivity index (χ4n) is 2.76.